The quantitative estimate of drug-likeness (QED) is 0.520. The Labute approximate surface area is 220 Å². The van der Waals surface area contributed by atoms with Crippen molar-refractivity contribution >= 4 is 11.9 Å². The summed E-state index contributed by atoms with van der Waals surface area (Å²) in [4.78, 5) is 28.5. The highest BCUT2D eigenvalue weighted by atomic mass is 16.5. The number of anilines is 1. The average molecular weight is 508 g/mol. The molecule has 4 aliphatic rings. The number of benzene rings is 1. The molecule has 8 nitrogen and oxygen atoms in total. The molecule has 0 spiro atoms. The number of nitrogens with zero attached hydrogens (tertiary/aromatic N) is 4. The van der Waals surface area contributed by atoms with E-state index in [1.807, 2.05) is 17.2 Å². The summed E-state index contributed by atoms with van der Waals surface area (Å²) >= 11 is 0. The summed E-state index contributed by atoms with van der Waals surface area (Å²) in [5.41, 5.74) is 2.67. The number of nitrogens with one attached hydrogen (secondary N) is 1. The average Bonchev–Trinajstić information content (AvgIpc) is 3.21. The van der Waals surface area contributed by atoms with E-state index >= 15 is 0 Å². The fourth-order valence-electron chi connectivity index (χ4n) is 6.21. The number of fused-ring (bicyclic) bond motifs is 4. The highest BCUT2D eigenvalue weighted by Crippen LogP contribution is 2.42. The van der Waals surface area contributed by atoms with Crippen molar-refractivity contribution in [3.05, 3.63) is 42.1 Å². The second-order valence-electron chi connectivity index (χ2n) is 10.9. The second-order valence-corrected chi connectivity index (χ2v) is 10.9. The molecule has 1 aromatic heterocycles. The molecule has 1 N–H and O–H groups in total. The molecule has 4 aliphatic heterocycles. The van der Waals surface area contributed by atoms with Gasteiger partial charge in [-0.2, -0.15) is 0 Å². The van der Waals surface area contributed by atoms with Gasteiger partial charge >= 0.3 is 0 Å². The molecule has 4 saturated heterocycles. The number of rotatable bonds is 9. The Morgan fingerprint density at radius 1 is 1.08 bits per heavy atom. The molecule has 2 aromatic rings. The second kappa shape index (κ2) is 12.0. The zero-order chi connectivity index (χ0) is 25.7. The molecule has 200 valence electrons. The summed E-state index contributed by atoms with van der Waals surface area (Å²) in [7, 11) is 1.67. The van der Waals surface area contributed by atoms with Gasteiger partial charge in [0.15, 0.2) is 0 Å². The molecular formula is C29H41N5O3. The van der Waals surface area contributed by atoms with Crippen LogP contribution in [0.4, 0.5) is 5.95 Å². The van der Waals surface area contributed by atoms with Gasteiger partial charge in [-0.1, -0.05) is 24.3 Å². The molecule has 8 heteroatoms. The number of piperidine rings is 2. The van der Waals surface area contributed by atoms with E-state index in [1.165, 1.54) is 0 Å². The van der Waals surface area contributed by atoms with Crippen molar-refractivity contribution in [3.8, 4) is 11.3 Å². The lowest BCUT2D eigenvalue weighted by atomic mass is 9.77. The number of ether oxygens (including phenoxy) is 2. The van der Waals surface area contributed by atoms with Crippen LogP contribution in [0.25, 0.3) is 11.3 Å². The Balaban J connectivity index is 1.43. The lowest BCUT2D eigenvalue weighted by Gasteiger charge is -2.46. The number of carbonyl (C=O) groups is 1. The normalized spacial score (nSPS) is 26.1. The van der Waals surface area contributed by atoms with E-state index in [0.29, 0.717) is 31.7 Å². The Kier molecular flexibility index (Phi) is 8.49. The maximum Gasteiger partial charge on any atom is 0.233 e. The first-order chi connectivity index (χ1) is 18.1. The van der Waals surface area contributed by atoms with Gasteiger partial charge in [-0.25, -0.2) is 9.97 Å². The minimum Gasteiger partial charge on any atom is -0.382 e. The van der Waals surface area contributed by atoms with Crippen molar-refractivity contribution in [3.63, 3.8) is 0 Å². The van der Waals surface area contributed by atoms with Crippen LogP contribution in [-0.2, 0) is 20.9 Å². The molecule has 1 amide bonds. The van der Waals surface area contributed by atoms with Crippen molar-refractivity contribution < 1.29 is 14.3 Å². The number of carbonyl (C=O) groups excluding carboxylic acids is 1. The molecule has 0 radical (unpaired) electrons. The van der Waals surface area contributed by atoms with Crippen LogP contribution in [0.15, 0.2) is 36.5 Å². The molecule has 5 heterocycles. The third-order valence-corrected chi connectivity index (χ3v) is 8.61. The maximum atomic E-state index is 14.2. The van der Waals surface area contributed by atoms with Crippen molar-refractivity contribution in [1.29, 1.82) is 0 Å². The summed E-state index contributed by atoms with van der Waals surface area (Å²) in [5, 5.41) is 3.40. The molecule has 1 aromatic carbocycles. The fraction of sp³-hybridized carbons (Fsp3) is 0.621. The van der Waals surface area contributed by atoms with E-state index in [-0.39, 0.29) is 17.4 Å². The highest BCUT2D eigenvalue weighted by molar-refractivity contribution is 5.95. The Bertz CT molecular complexity index is 1030. The van der Waals surface area contributed by atoms with Crippen LogP contribution in [0.5, 0.6) is 0 Å². The van der Waals surface area contributed by atoms with E-state index in [9.17, 15) is 4.79 Å². The lowest BCUT2D eigenvalue weighted by molar-refractivity contribution is -0.125. The third-order valence-electron chi connectivity index (χ3n) is 8.61. The van der Waals surface area contributed by atoms with Gasteiger partial charge < -0.3 is 19.7 Å². The van der Waals surface area contributed by atoms with Crippen molar-refractivity contribution in [2.75, 3.05) is 57.9 Å². The minimum absolute atomic E-state index is 0.0171. The first-order valence-electron chi connectivity index (χ1n) is 13.8. The number of hydrogen-bond acceptors (Lipinski definition) is 7. The topological polar surface area (TPSA) is 79.8 Å². The molecule has 2 bridgehead atoms. The van der Waals surface area contributed by atoms with Crippen LogP contribution in [0.2, 0.25) is 0 Å². The maximum absolute atomic E-state index is 14.2. The molecule has 1 atom stereocenters. The number of amides is 1. The Morgan fingerprint density at radius 3 is 2.57 bits per heavy atom. The molecule has 1 unspecified atom stereocenters. The van der Waals surface area contributed by atoms with Gasteiger partial charge in [0.1, 0.15) is 0 Å². The molecule has 37 heavy (non-hydrogen) atoms. The molecule has 0 saturated carbocycles. The fourth-order valence-corrected chi connectivity index (χ4v) is 6.21. The van der Waals surface area contributed by atoms with E-state index < -0.39 is 0 Å². The van der Waals surface area contributed by atoms with Gasteiger partial charge in [-0.05, 0) is 82.8 Å². The van der Waals surface area contributed by atoms with Crippen LogP contribution >= 0.6 is 0 Å². The summed E-state index contributed by atoms with van der Waals surface area (Å²) in [6, 6.07) is 10.2. The molecule has 4 fully saturated rings. The van der Waals surface area contributed by atoms with Crippen LogP contribution in [0.3, 0.4) is 0 Å². The highest BCUT2D eigenvalue weighted by Gasteiger charge is 2.48. The van der Waals surface area contributed by atoms with Crippen molar-refractivity contribution in [2.24, 2.45) is 11.8 Å². The third kappa shape index (κ3) is 5.87. The van der Waals surface area contributed by atoms with Crippen LogP contribution in [0, 0.1) is 11.8 Å². The first kappa shape index (κ1) is 26.2. The monoisotopic (exact) mass is 507 g/mol. The summed E-state index contributed by atoms with van der Waals surface area (Å²) in [6.07, 6.45) is 6.76. The van der Waals surface area contributed by atoms with Gasteiger partial charge in [0.25, 0.3) is 0 Å². The smallest absolute Gasteiger partial charge is 0.233 e. The number of methoxy groups -OCH3 is 1. The van der Waals surface area contributed by atoms with Gasteiger partial charge in [0, 0.05) is 31.3 Å². The largest absolute Gasteiger partial charge is 0.382 e. The predicted molar refractivity (Wildman–Crippen MR) is 144 cm³/mol. The Morgan fingerprint density at radius 2 is 1.84 bits per heavy atom. The summed E-state index contributed by atoms with van der Waals surface area (Å²) in [6.45, 7) is 9.06. The van der Waals surface area contributed by atoms with E-state index in [2.05, 4.69) is 41.4 Å². The van der Waals surface area contributed by atoms with Crippen LogP contribution in [-0.4, -0.2) is 79.4 Å². The van der Waals surface area contributed by atoms with Crippen molar-refractivity contribution in [2.45, 2.75) is 51.2 Å². The zero-order valence-corrected chi connectivity index (χ0v) is 22.3. The van der Waals surface area contributed by atoms with Crippen LogP contribution in [0.1, 0.15) is 44.6 Å². The van der Waals surface area contributed by atoms with Gasteiger partial charge in [0.05, 0.1) is 31.1 Å². The summed E-state index contributed by atoms with van der Waals surface area (Å²) in [5.74, 6) is 1.23. The van der Waals surface area contributed by atoms with Gasteiger partial charge in [0.2, 0.25) is 11.9 Å². The van der Waals surface area contributed by atoms with Gasteiger partial charge in [-0.15, -0.1) is 0 Å². The predicted octanol–water partition coefficient (Wildman–Crippen LogP) is 3.51. The van der Waals surface area contributed by atoms with Crippen LogP contribution < -0.4 is 10.2 Å². The molecular weight excluding hydrogens is 466 g/mol. The van der Waals surface area contributed by atoms with E-state index in [4.69, 9.17) is 19.4 Å². The Hall–Kier alpha value is -2.39. The number of hydrogen-bond donors (Lipinski definition) is 1. The van der Waals surface area contributed by atoms with E-state index in [0.717, 1.165) is 81.6 Å². The van der Waals surface area contributed by atoms with Gasteiger partial charge in [-0.3, -0.25) is 9.69 Å². The summed E-state index contributed by atoms with van der Waals surface area (Å²) < 4.78 is 10.7. The first-order valence-corrected chi connectivity index (χ1v) is 13.8. The van der Waals surface area contributed by atoms with Crippen molar-refractivity contribution in [1.82, 2.24) is 20.2 Å². The minimum atomic E-state index is -0.283. The molecule has 0 aliphatic carbocycles. The zero-order valence-electron chi connectivity index (χ0n) is 22.3. The molecule has 6 rings (SSSR count). The number of aromatic nitrogens is 2. The SMILES string of the molecule is COCCOCc1ccc(-c2ccnc(N(C(=O)C3CCNCC3)C3(C)CCN4CCC3CC4)n2)cc1. The standard InChI is InChI=1S/C29H41N5O3/c1-29(12-18-33-16-10-25(29)11-17-33)34(27(35)24-7-13-30-14-8-24)28-31-15-9-26(32-28)23-5-3-22(4-6-23)21-37-20-19-36-2/h3-6,9,15,24-25,30H,7-8,10-14,16-21H2,1-2H3. The van der Waals surface area contributed by atoms with E-state index in [1.54, 1.807) is 7.11 Å². The lowest BCUT2D eigenvalue weighted by Crippen LogP contribution is -2.58.